The molecule has 0 spiro atoms. The molecule has 4 rings (SSSR count). The second-order valence-electron chi connectivity index (χ2n) is 7.12. The highest BCUT2D eigenvalue weighted by molar-refractivity contribution is 7.80. The van der Waals surface area contributed by atoms with E-state index in [1.54, 1.807) is 0 Å². The Hall–Kier alpha value is -3.64. The second-order valence-corrected chi connectivity index (χ2v) is 7.53. The fourth-order valence-electron chi connectivity index (χ4n) is 3.40. The molecule has 0 amide bonds. The molecule has 0 radical (unpaired) electrons. The first-order valence-corrected chi connectivity index (χ1v) is 10.3. The average Bonchev–Trinajstić information content (AvgIpc) is 2.78. The highest BCUT2D eigenvalue weighted by Gasteiger charge is 2.31. The van der Waals surface area contributed by atoms with Crippen LogP contribution >= 0.6 is 12.2 Å². The molecule has 1 aliphatic rings. The maximum absolute atomic E-state index is 13.0. The lowest BCUT2D eigenvalue weighted by atomic mass is 9.95. The summed E-state index contributed by atoms with van der Waals surface area (Å²) in [7, 11) is 0. The monoisotopic (exact) mass is 430 g/mol. The number of rotatable bonds is 6. The molecule has 0 aliphatic carbocycles. The number of para-hydroxylation sites is 1. The Morgan fingerprint density at radius 3 is 2.35 bits per heavy atom. The Balaban J connectivity index is 1.58. The Bertz CT molecular complexity index is 1110. The van der Waals surface area contributed by atoms with Crippen molar-refractivity contribution >= 4 is 23.3 Å². The van der Waals surface area contributed by atoms with E-state index in [4.69, 9.17) is 21.7 Å². The van der Waals surface area contributed by atoms with Crippen molar-refractivity contribution in [2.75, 3.05) is 0 Å². The number of allylic oxidation sites excluding steroid dienone is 1. The minimum atomic E-state index is -0.448. The summed E-state index contributed by atoms with van der Waals surface area (Å²) in [6.45, 7) is 2.02. The van der Waals surface area contributed by atoms with Gasteiger partial charge in [0.15, 0.2) is 5.11 Å². The van der Waals surface area contributed by atoms with Crippen molar-refractivity contribution in [3.63, 3.8) is 0 Å². The molecule has 0 unspecified atom stereocenters. The molecule has 0 bridgehead atoms. The van der Waals surface area contributed by atoms with E-state index < -0.39 is 12.0 Å². The molecule has 5 nitrogen and oxygen atoms in total. The van der Waals surface area contributed by atoms with Gasteiger partial charge in [-0.3, -0.25) is 0 Å². The zero-order valence-corrected chi connectivity index (χ0v) is 17.8. The second kappa shape index (κ2) is 9.45. The van der Waals surface area contributed by atoms with E-state index in [-0.39, 0.29) is 6.61 Å². The van der Waals surface area contributed by atoms with Crippen LogP contribution in [0, 0.1) is 0 Å². The topological polar surface area (TPSA) is 59.6 Å². The molecule has 0 fully saturated rings. The summed E-state index contributed by atoms with van der Waals surface area (Å²) >= 11 is 5.34. The van der Waals surface area contributed by atoms with Crippen LogP contribution in [-0.2, 0) is 16.1 Å². The molecular weight excluding hydrogens is 408 g/mol. The van der Waals surface area contributed by atoms with Crippen LogP contribution in [0.4, 0.5) is 0 Å². The van der Waals surface area contributed by atoms with Crippen molar-refractivity contribution in [1.82, 2.24) is 10.6 Å². The molecule has 3 aromatic carbocycles. The molecule has 0 aromatic heterocycles. The largest absolute Gasteiger partial charge is 0.457 e. The zero-order valence-electron chi connectivity index (χ0n) is 17.0. The smallest absolute Gasteiger partial charge is 0.338 e. The van der Waals surface area contributed by atoms with E-state index >= 15 is 0 Å². The van der Waals surface area contributed by atoms with Crippen LogP contribution in [0.15, 0.2) is 96.2 Å². The number of benzene rings is 3. The Morgan fingerprint density at radius 1 is 0.935 bits per heavy atom. The van der Waals surface area contributed by atoms with Crippen molar-refractivity contribution < 1.29 is 14.3 Å². The number of thiocarbonyl (C=S) groups is 1. The average molecular weight is 431 g/mol. The SMILES string of the molecule is CC1=C(C(=O)OCc2ccccc2)[C@@H](c2cccc(Oc3ccccc3)c2)NC(=S)N1. The lowest BCUT2D eigenvalue weighted by Crippen LogP contribution is -2.45. The minimum Gasteiger partial charge on any atom is -0.457 e. The number of carbonyl (C=O) groups excluding carboxylic acids is 1. The quantitative estimate of drug-likeness (QED) is 0.423. The van der Waals surface area contributed by atoms with Crippen LogP contribution in [0.1, 0.15) is 24.1 Å². The van der Waals surface area contributed by atoms with Gasteiger partial charge >= 0.3 is 5.97 Å². The lowest BCUT2D eigenvalue weighted by molar-refractivity contribution is -0.140. The van der Waals surface area contributed by atoms with Gasteiger partial charge in [0.2, 0.25) is 0 Å². The Kier molecular flexibility index (Phi) is 6.29. The van der Waals surface area contributed by atoms with Gasteiger partial charge in [0.25, 0.3) is 0 Å². The van der Waals surface area contributed by atoms with Gasteiger partial charge in [-0.2, -0.15) is 0 Å². The highest BCUT2D eigenvalue weighted by atomic mass is 32.1. The molecule has 0 saturated heterocycles. The standard InChI is InChI=1S/C25H22N2O3S/c1-17-22(24(28)29-16-18-9-4-2-5-10-18)23(27-25(31)26-17)19-11-8-14-21(15-19)30-20-12-6-3-7-13-20/h2-15,23H,16H2,1H3,(H2,26,27,31)/t23-/m1/s1. The number of nitrogens with one attached hydrogen (secondary N) is 2. The van der Waals surface area contributed by atoms with Crippen molar-refractivity contribution in [1.29, 1.82) is 0 Å². The molecule has 1 atom stereocenters. The summed E-state index contributed by atoms with van der Waals surface area (Å²) in [6.07, 6.45) is 0. The number of hydrogen-bond donors (Lipinski definition) is 2. The first kappa shape index (κ1) is 20.6. The van der Waals surface area contributed by atoms with Crippen LogP contribution in [0.5, 0.6) is 11.5 Å². The maximum atomic E-state index is 13.0. The minimum absolute atomic E-state index is 0.199. The molecule has 1 aliphatic heterocycles. The van der Waals surface area contributed by atoms with Gasteiger partial charge in [-0.15, -0.1) is 0 Å². The molecule has 6 heteroatoms. The summed E-state index contributed by atoms with van der Waals surface area (Å²) in [4.78, 5) is 13.0. The van der Waals surface area contributed by atoms with Gasteiger partial charge < -0.3 is 20.1 Å². The fourth-order valence-corrected chi connectivity index (χ4v) is 3.67. The van der Waals surface area contributed by atoms with E-state index in [2.05, 4.69) is 10.6 Å². The van der Waals surface area contributed by atoms with E-state index in [1.165, 1.54) is 0 Å². The van der Waals surface area contributed by atoms with Gasteiger partial charge in [-0.25, -0.2) is 4.79 Å². The molecular formula is C25H22N2O3S. The van der Waals surface area contributed by atoms with Crippen molar-refractivity contribution in [2.45, 2.75) is 19.6 Å². The number of esters is 1. The van der Waals surface area contributed by atoms with Crippen molar-refractivity contribution in [3.05, 3.63) is 107 Å². The van der Waals surface area contributed by atoms with Crippen LogP contribution in [0.2, 0.25) is 0 Å². The third-order valence-corrected chi connectivity index (χ3v) is 5.09. The number of hydrogen-bond acceptors (Lipinski definition) is 4. The summed E-state index contributed by atoms with van der Waals surface area (Å²) in [5, 5.41) is 6.67. The Labute approximate surface area is 186 Å². The highest BCUT2D eigenvalue weighted by Crippen LogP contribution is 2.31. The number of carbonyl (C=O) groups is 1. The van der Waals surface area contributed by atoms with E-state index in [0.717, 1.165) is 16.9 Å². The van der Waals surface area contributed by atoms with Gasteiger partial charge in [0.05, 0.1) is 11.6 Å². The molecule has 2 N–H and O–H groups in total. The number of ether oxygens (including phenoxy) is 2. The molecule has 0 saturated carbocycles. The third kappa shape index (κ3) is 5.10. The lowest BCUT2D eigenvalue weighted by Gasteiger charge is -2.30. The van der Waals surface area contributed by atoms with E-state index in [1.807, 2.05) is 91.9 Å². The first-order chi connectivity index (χ1) is 15.1. The predicted octanol–water partition coefficient (Wildman–Crippen LogP) is 5.02. The van der Waals surface area contributed by atoms with Gasteiger partial charge in [0, 0.05) is 5.70 Å². The van der Waals surface area contributed by atoms with Gasteiger partial charge in [0.1, 0.15) is 18.1 Å². The normalized spacial score (nSPS) is 15.6. The van der Waals surface area contributed by atoms with Crippen LogP contribution in [-0.4, -0.2) is 11.1 Å². The van der Waals surface area contributed by atoms with Gasteiger partial charge in [-0.1, -0.05) is 60.7 Å². The van der Waals surface area contributed by atoms with E-state index in [9.17, 15) is 4.79 Å². The maximum Gasteiger partial charge on any atom is 0.338 e. The molecule has 1 heterocycles. The van der Waals surface area contributed by atoms with Crippen LogP contribution in [0.3, 0.4) is 0 Å². The molecule has 3 aromatic rings. The fraction of sp³-hybridized carbons (Fsp3) is 0.120. The summed E-state index contributed by atoms with van der Waals surface area (Å²) in [5.74, 6) is 1.01. The zero-order chi connectivity index (χ0) is 21.6. The summed E-state index contributed by atoms with van der Waals surface area (Å²) in [6, 6.07) is 26.3. The van der Waals surface area contributed by atoms with Crippen LogP contribution in [0.25, 0.3) is 0 Å². The first-order valence-electron chi connectivity index (χ1n) is 9.92. The van der Waals surface area contributed by atoms with Crippen LogP contribution < -0.4 is 15.4 Å². The Morgan fingerprint density at radius 2 is 1.61 bits per heavy atom. The summed E-state index contributed by atoms with van der Waals surface area (Å²) in [5.41, 5.74) is 2.93. The van der Waals surface area contributed by atoms with Gasteiger partial charge in [-0.05, 0) is 54.5 Å². The van der Waals surface area contributed by atoms with E-state index in [0.29, 0.717) is 22.1 Å². The van der Waals surface area contributed by atoms with Crippen molar-refractivity contribution in [3.8, 4) is 11.5 Å². The third-order valence-electron chi connectivity index (χ3n) is 4.87. The molecule has 156 valence electrons. The van der Waals surface area contributed by atoms with Crippen molar-refractivity contribution in [2.24, 2.45) is 0 Å². The predicted molar refractivity (Wildman–Crippen MR) is 124 cm³/mol. The summed E-state index contributed by atoms with van der Waals surface area (Å²) < 4.78 is 11.6. The molecule has 31 heavy (non-hydrogen) atoms.